The van der Waals surface area contributed by atoms with E-state index in [1.165, 1.54) is 50.1 Å². The third kappa shape index (κ3) is 28.0. The van der Waals surface area contributed by atoms with Gasteiger partial charge in [-0.25, -0.2) is 32.8 Å². The first kappa shape index (κ1) is 113. The zero-order valence-corrected chi connectivity index (χ0v) is 94.3. The Morgan fingerprint density at radius 2 is 0.644 bits per heavy atom. The average Bonchev–Trinajstić information content (AvgIpc) is 1.59. The van der Waals surface area contributed by atoms with Crippen molar-refractivity contribution in [3.63, 3.8) is 0 Å². The van der Waals surface area contributed by atoms with Crippen LogP contribution in [0.4, 0.5) is 8.78 Å². The number of ether oxygens (including phenoxy) is 5. The van der Waals surface area contributed by atoms with Crippen molar-refractivity contribution in [2.45, 2.75) is 151 Å². The first-order chi connectivity index (χ1) is 62.2. The first-order valence-electron chi connectivity index (χ1n) is 41.1. The Hall–Kier alpha value is -7.62. The Labute approximate surface area is 928 Å². The van der Waals surface area contributed by atoms with Crippen molar-refractivity contribution in [1.29, 1.82) is 0 Å². The number of alkyl halides is 2. The molecule has 1 atom stereocenters. The molecule has 2 saturated carbocycles. The van der Waals surface area contributed by atoms with E-state index in [0.29, 0.717) is 106 Å². The summed E-state index contributed by atoms with van der Waals surface area (Å²) in [6.07, 6.45) is 3.90. The minimum absolute atomic E-state index is 0. The van der Waals surface area contributed by atoms with Crippen LogP contribution in [0.5, 0.6) is 28.7 Å². The molecule has 1 unspecified atom stereocenters. The molecular weight excluding hydrogens is 2220 g/mol. The Morgan fingerprint density at radius 3 is 0.948 bits per heavy atom. The van der Waals surface area contributed by atoms with Crippen LogP contribution in [-0.4, -0.2) is 105 Å². The van der Waals surface area contributed by atoms with Crippen LogP contribution in [0, 0.1) is 71.9 Å². The normalized spacial score (nSPS) is 12.5. The van der Waals surface area contributed by atoms with Gasteiger partial charge < -0.3 is 23.7 Å². The molecule has 0 saturated heterocycles. The fraction of sp³-hybridized carbons (Fsp3) is 0.301. The van der Waals surface area contributed by atoms with Crippen LogP contribution in [0.2, 0.25) is 25.1 Å². The molecule has 42 heteroatoms. The van der Waals surface area contributed by atoms with Gasteiger partial charge in [0.2, 0.25) is 0 Å². The summed E-state index contributed by atoms with van der Waals surface area (Å²) < 4.78 is 69.3. The van der Waals surface area contributed by atoms with Gasteiger partial charge in [-0.3, -0.25) is 0 Å². The number of tetrazole rings is 5. The van der Waals surface area contributed by atoms with Gasteiger partial charge in [-0.1, -0.05) is 122 Å². The molecule has 691 valence electrons. The van der Waals surface area contributed by atoms with Gasteiger partial charge in [-0.05, 0) is 173 Å². The second-order valence-corrected chi connectivity index (χ2v) is 33.3. The number of aryl methyl sites for hydroxylation is 12. The largest absolute Gasteiger partial charge is 0.513 e. The predicted octanol–water partition coefficient (Wildman–Crippen LogP) is 15.9. The van der Waals surface area contributed by atoms with Crippen LogP contribution >= 0.6 is 58.0 Å². The molecule has 2 aliphatic rings. The first-order valence-corrected chi connectivity index (χ1v) is 43.0. The van der Waals surface area contributed by atoms with Gasteiger partial charge in [-0.2, -0.15) is 193 Å². The maximum atomic E-state index is 13.8. The molecule has 15 aromatic rings. The summed E-state index contributed by atoms with van der Waals surface area (Å²) in [5.41, 5.74) is 14.7. The molecule has 5 aromatic heterocycles. The standard InChI is InChI=1S/C19H16ClF2N4O2.C19H18ClN4O2.2C19H20ClN4O2.C17H16ClN4O2.5Y/c1-11-6-7-15(20)17(8-11)28-10-13-12(14-9-19(14,21)22)4-3-5-16(13)26-18(27)25(2)23-24-26;1-12-6-9-16(20)18(10-12)26-11-15-14(13-7-8-13)4-3-5-17(15)24-19(25)23(2)21-22-24;1-12(2)14-6-5-7-17(24-19(25)23(4)21-22-24)15(14)11-26-18-10-13(3)8-9-16(18)20;1-4-6-14-7-5-8-17(24-19(25)23(3)21-22-24)15(14)12-26-18-11-13(2)9-10-16(18)20;1-11-7-8-14(18)16(9-11)24-10-13-12(2)5-4-6-15(13)22-17(23)21(3)19-20-22;;;;;/h3-5,7-8,14H,9-10H2,1-2H3;3-5,9-10,13H,7-8,11H2,1-2H3;5-7,9-10,12H,11H2,1-4H3;5,7-8,10-11H,4,6,12H2,1-3H3;4-6,8-9H,10H2,1-3H3;;;;;/q5*-1;;;;;. The van der Waals surface area contributed by atoms with E-state index in [0.717, 1.165) is 102 Å². The monoisotopic (exact) mass is 2300 g/mol. The van der Waals surface area contributed by atoms with E-state index in [4.69, 9.17) is 81.7 Å². The Morgan fingerprint density at radius 1 is 0.378 bits per heavy atom. The van der Waals surface area contributed by atoms with Crippen molar-refractivity contribution < 1.29 is 196 Å². The van der Waals surface area contributed by atoms with Crippen molar-refractivity contribution in [2.75, 3.05) is 0 Å². The molecule has 2 fully saturated rings. The Kier molecular flexibility index (Phi) is 42.6. The molecule has 5 heterocycles. The molecular formula is C93H90Cl5F2N20O10Y5-5. The topological polar surface area (TPSA) is 310 Å². The molecule has 0 amide bonds. The zero-order valence-electron chi connectivity index (χ0n) is 76.3. The van der Waals surface area contributed by atoms with Crippen LogP contribution in [0.25, 0.3) is 28.4 Å². The summed E-state index contributed by atoms with van der Waals surface area (Å²) in [5, 5.41) is 40.9. The molecule has 0 bridgehead atoms. The number of aromatic nitrogens is 20. The van der Waals surface area contributed by atoms with Crippen molar-refractivity contribution >= 4 is 58.0 Å². The van der Waals surface area contributed by atoms with Crippen molar-refractivity contribution in [3.8, 4) is 57.2 Å². The van der Waals surface area contributed by atoms with Gasteiger partial charge >= 0.3 is 28.4 Å². The molecule has 0 N–H and O–H groups in total. The minimum Gasteiger partial charge on any atom is -0.513 e. The summed E-state index contributed by atoms with van der Waals surface area (Å²) in [6.45, 7) is 18.8. The van der Waals surface area contributed by atoms with E-state index in [2.05, 4.69) is 109 Å². The van der Waals surface area contributed by atoms with Gasteiger partial charge in [0.05, 0.1) is 34.4 Å². The number of benzene rings is 10. The van der Waals surface area contributed by atoms with Crippen molar-refractivity contribution in [1.82, 2.24) is 99.0 Å². The molecule has 30 nitrogen and oxygen atoms in total. The van der Waals surface area contributed by atoms with E-state index >= 15 is 0 Å². The maximum absolute atomic E-state index is 13.8. The SMILES string of the molecule is CCCc1cccc(-n2nnn(C)c2=O)c1COc1cc(C)[c-]cc1Cl.Cc1[c-]cc(Cl)c(OCc2c(C(C)C)cccc2-n2nnn(C)c2=O)c1.Cc1[c-]cc(Cl)c(OCc2c(C)cccc2-n2nnn(C)c2=O)c1.Cc1[c-]cc(Cl)c(OCc2c(C3CC3(F)F)cccc2-n2nnn(C)c2=O)c1.Cc1[c-]cc(Cl)c(OCc2c(C3CC3)cccc2-n2nnn(C)c2=O)c1.[Y].[Y].[Y].[Y].[Y]. The van der Waals surface area contributed by atoms with Crippen molar-refractivity contribution in [3.05, 3.63) is 343 Å². The molecule has 0 spiro atoms. The average molecular weight is 2310 g/mol. The Balaban J connectivity index is 0.000000206. The summed E-state index contributed by atoms with van der Waals surface area (Å²) in [5.74, 6) is -0.168. The van der Waals surface area contributed by atoms with Crippen LogP contribution in [0.1, 0.15) is 148 Å². The number of hydrogen-bond donors (Lipinski definition) is 0. The quantitative estimate of drug-likeness (QED) is 0.0480. The van der Waals surface area contributed by atoms with Crippen LogP contribution < -0.4 is 52.1 Å². The second-order valence-electron chi connectivity index (χ2n) is 31.3. The van der Waals surface area contributed by atoms with E-state index < -0.39 is 17.5 Å². The van der Waals surface area contributed by atoms with E-state index in [1.807, 2.05) is 133 Å². The fourth-order valence-corrected chi connectivity index (χ4v) is 14.8. The molecule has 10 aromatic carbocycles. The zero-order chi connectivity index (χ0) is 93.1. The number of halogens is 7. The number of nitrogens with zero attached hydrogens (tertiary/aromatic N) is 20. The van der Waals surface area contributed by atoms with Gasteiger partial charge in [0.1, 0.15) is 33.0 Å². The van der Waals surface area contributed by atoms with Crippen molar-refractivity contribution in [2.24, 2.45) is 35.2 Å². The summed E-state index contributed by atoms with van der Waals surface area (Å²) >= 11 is 31.0. The fourth-order valence-electron chi connectivity index (χ4n) is 14.0. The molecule has 135 heavy (non-hydrogen) atoms. The summed E-state index contributed by atoms with van der Waals surface area (Å²) in [7, 11) is 7.73. The van der Waals surface area contributed by atoms with Gasteiger partial charge in [0.15, 0.2) is 0 Å². The molecule has 2 aliphatic carbocycles. The third-order valence-electron chi connectivity index (χ3n) is 21.2. The van der Waals surface area contributed by atoms with E-state index in [9.17, 15) is 32.8 Å². The number of rotatable bonds is 25. The smallest absolute Gasteiger partial charge is 0.368 e. The minimum atomic E-state index is -2.77. The van der Waals surface area contributed by atoms with E-state index in [1.54, 1.807) is 82.8 Å². The third-order valence-corrected chi connectivity index (χ3v) is 22.7. The predicted molar refractivity (Wildman–Crippen MR) is 487 cm³/mol. The van der Waals surface area contributed by atoms with Crippen LogP contribution in [0.15, 0.2) is 176 Å². The van der Waals surface area contributed by atoms with Crippen LogP contribution in [-0.2, 0) is 238 Å². The van der Waals surface area contributed by atoms with Gasteiger partial charge in [-0.15, -0.1) is 30.3 Å². The number of hydrogen-bond acceptors (Lipinski definition) is 20. The Bertz CT molecular complexity index is 6820. The summed E-state index contributed by atoms with van der Waals surface area (Å²) in [4.78, 5) is 61.4. The van der Waals surface area contributed by atoms with Crippen LogP contribution in [0.3, 0.4) is 0 Å². The molecule has 5 radical (unpaired) electrons. The molecule has 17 rings (SSSR count). The summed E-state index contributed by atoms with van der Waals surface area (Å²) in [6, 6.07) is 60.5. The van der Waals surface area contributed by atoms with Gasteiger partial charge in [0.25, 0.3) is 5.92 Å². The molecule has 0 aliphatic heterocycles. The van der Waals surface area contributed by atoms with E-state index in [-0.39, 0.29) is 225 Å². The second kappa shape index (κ2) is 51.0. The van der Waals surface area contributed by atoms with Gasteiger partial charge in [0, 0.05) is 262 Å². The maximum Gasteiger partial charge on any atom is 0.368 e.